The van der Waals surface area contributed by atoms with Crippen molar-refractivity contribution in [3.05, 3.63) is 40.5 Å². The molecule has 0 bridgehead atoms. The van der Waals surface area contributed by atoms with Crippen LogP contribution in [0.1, 0.15) is 22.5 Å². The van der Waals surface area contributed by atoms with Gasteiger partial charge in [0.1, 0.15) is 0 Å². The monoisotopic (exact) mass is 375 g/mol. The lowest BCUT2D eigenvalue weighted by Gasteiger charge is -2.34. The second kappa shape index (κ2) is 8.01. The molecule has 0 spiro atoms. The number of aromatic nitrogens is 1. The molecule has 7 heteroatoms. The number of piperazine rings is 1. The Hall–Kier alpha value is -2.18. The molecular formula is C19H22ClN3O3. The minimum Gasteiger partial charge on any atom is -0.469 e. The van der Waals surface area contributed by atoms with Crippen LogP contribution in [-0.2, 0) is 9.53 Å². The summed E-state index contributed by atoms with van der Waals surface area (Å²) in [7, 11) is 1.39. The number of aryl methyl sites for hydroxylation is 1. The molecule has 0 unspecified atom stereocenters. The molecule has 0 aliphatic carbocycles. The Morgan fingerprint density at radius 1 is 1.19 bits per heavy atom. The van der Waals surface area contributed by atoms with Gasteiger partial charge in [0.15, 0.2) is 0 Å². The lowest BCUT2D eigenvalue weighted by atomic mass is 10.1. The number of rotatable bonds is 4. The van der Waals surface area contributed by atoms with Gasteiger partial charge in [-0.1, -0.05) is 11.6 Å². The molecule has 1 aliphatic rings. The van der Waals surface area contributed by atoms with Crippen LogP contribution in [0.5, 0.6) is 0 Å². The molecule has 0 radical (unpaired) electrons. The van der Waals surface area contributed by atoms with Crippen molar-refractivity contribution < 1.29 is 14.3 Å². The van der Waals surface area contributed by atoms with Gasteiger partial charge in [0.2, 0.25) is 0 Å². The lowest BCUT2D eigenvalue weighted by Crippen LogP contribution is -2.49. The van der Waals surface area contributed by atoms with Crippen LogP contribution in [0.3, 0.4) is 0 Å². The summed E-state index contributed by atoms with van der Waals surface area (Å²) >= 11 is 6.06. The van der Waals surface area contributed by atoms with E-state index in [1.807, 2.05) is 30.0 Å². The number of methoxy groups -OCH3 is 1. The van der Waals surface area contributed by atoms with Crippen molar-refractivity contribution in [3.8, 4) is 0 Å². The van der Waals surface area contributed by atoms with E-state index in [2.05, 4.69) is 14.6 Å². The molecular weight excluding hydrogens is 354 g/mol. The fourth-order valence-corrected chi connectivity index (χ4v) is 3.34. The van der Waals surface area contributed by atoms with E-state index in [1.165, 1.54) is 7.11 Å². The molecule has 0 N–H and O–H groups in total. The Kier molecular flexibility index (Phi) is 5.74. The molecule has 1 saturated heterocycles. The highest BCUT2D eigenvalue weighted by atomic mass is 35.5. The number of hydrogen-bond acceptors (Lipinski definition) is 5. The first kappa shape index (κ1) is 18.6. The van der Waals surface area contributed by atoms with E-state index < -0.39 is 0 Å². The van der Waals surface area contributed by atoms with Crippen LogP contribution in [0.25, 0.3) is 10.9 Å². The van der Waals surface area contributed by atoms with Crippen molar-refractivity contribution in [3.63, 3.8) is 0 Å². The summed E-state index contributed by atoms with van der Waals surface area (Å²) in [5.41, 5.74) is 2.16. The van der Waals surface area contributed by atoms with E-state index in [4.69, 9.17) is 11.6 Å². The van der Waals surface area contributed by atoms with Crippen molar-refractivity contribution in [1.29, 1.82) is 0 Å². The molecule has 2 aromatic rings. The molecule has 1 fully saturated rings. The number of benzene rings is 1. The van der Waals surface area contributed by atoms with Gasteiger partial charge in [-0.05, 0) is 31.2 Å². The maximum absolute atomic E-state index is 12.9. The number of halogens is 1. The Morgan fingerprint density at radius 3 is 2.62 bits per heavy atom. The molecule has 2 heterocycles. The van der Waals surface area contributed by atoms with Gasteiger partial charge in [0, 0.05) is 43.1 Å². The number of nitrogens with zero attached hydrogens (tertiary/aromatic N) is 3. The summed E-state index contributed by atoms with van der Waals surface area (Å²) in [4.78, 5) is 32.7. The van der Waals surface area contributed by atoms with Crippen LogP contribution in [-0.4, -0.2) is 66.5 Å². The Bertz CT molecular complexity index is 832. The zero-order valence-electron chi connectivity index (χ0n) is 15.0. The van der Waals surface area contributed by atoms with Crippen LogP contribution < -0.4 is 0 Å². The topological polar surface area (TPSA) is 62.7 Å². The van der Waals surface area contributed by atoms with Crippen LogP contribution in [0.2, 0.25) is 5.02 Å². The van der Waals surface area contributed by atoms with Crippen molar-refractivity contribution in [2.45, 2.75) is 13.3 Å². The summed E-state index contributed by atoms with van der Waals surface area (Å²) in [6.45, 7) is 5.26. The first-order valence-electron chi connectivity index (χ1n) is 8.63. The highest BCUT2D eigenvalue weighted by Gasteiger charge is 2.24. The number of amides is 1. The summed E-state index contributed by atoms with van der Waals surface area (Å²) in [5.74, 6) is -0.218. The smallest absolute Gasteiger partial charge is 0.306 e. The minimum absolute atomic E-state index is 0.00973. The van der Waals surface area contributed by atoms with Gasteiger partial charge in [0.05, 0.1) is 30.3 Å². The van der Waals surface area contributed by atoms with Crippen LogP contribution >= 0.6 is 11.6 Å². The van der Waals surface area contributed by atoms with E-state index in [-0.39, 0.29) is 11.9 Å². The number of hydrogen-bond donors (Lipinski definition) is 0. The second-order valence-electron chi connectivity index (χ2n) is 6.42. The Morgan fingerprint density at radius 2 is 1.92 bits per heavy atom. The molecule has 0 atom stereocenters. The van der Waals surface area contributed by atoms with Crippen LogP contribution in [0.4, 0.5) is 0 Å². The van der Waals surface area contributed by atoms with Gasteiger partial charge >= 0.3 is 5.97 Å². The van der Waals surface area contributed by atoms with Crippen LogP contribution in [0.15, 0.2) is 24.3 Å². The maximum Gasteiger partial charge on any atom is 0.306 e. The van der Waals surface area contributed by atoms with E-state index in [9.17, 15) is 9.59 Å². The Balaban J connectivity index is 1.68. The van der Waals surface area contributed by atoms with Gasteiger partial charge < -0.3 is 9.64 Å². The summed E-state index contributed by atoms with van der Waals surface area (Å²) in [6, 6.07) is 7.35. The third-order valence-electron chi connectivity index (χ3n) is 4.72. The SMILES string of the molecule is COC(=O)CCN1CCN(C(=O)c2cc3cc(Cl)ccc3nc2C)CC1. The van der Waals surface area contributed by atoms with E-state index >= 15 is 0 Å². The quantitative estimate of drug-likeness (QED) is 0.768. The zero-order chi connectivity index (χ0) is 18.7. The minimum atomic E-state index is -0.208. The maximum atomic E-state index is 12.9. The molecule has 26 heavy (non-hydrogen) atoms. The molecule has 1 aromatic heterocycles. The van der Waals surface area contributed by atoms with Crippen molar-refractivity contribution in [1.82, 2.24) is 14.8 Å². The highest BCUT2D eigenvalue weighted by Crippen LogP contribution is 2.22. The molecule has 3 rings (SSSR count). The van der Waals surface area contributed by atoms with Crippen LogP contribution in [0, 0.1) is 6.92 Å². The third kappa shape index (κ3) is 4.14. The predicted molar refractivity (Wildman–Crippen MR) is 100 cm³/mol. The number of ether oxygens (including phenoxy) is 1. The zero-order valence-corrected chi connectivity index (χ0v) is 15.8. The van der Waals surface area contributed by atoms with Gasteiger partial charge in [-0.15, -0.1) is 0 Å². The molecule has 1 aromatic carbocycles. The number of carbonyl (C=O) groups excluding carboxylic acids is 2. The molecule has 0 saturated carbocycles. The normalized spacial score (nSPS) is 15.3. The number of carbonyl (C=O) groups is 2. The molecule has 6 nitrogen and oxygen atoms in total. The number of pyridine rings is 1. The fraction of sp³-hybridized carbons (Fsp3) is 0.421. The van der Waals surface area contributed by atoms with Gasteiger partial charge in [-0.3, -0.25) is 19.5 Å². The van der Waals surface area contributed by atoms with E-state index in [0.29, 0.717) is 36.6 Å². The van der Waals surface area contributed by atoms with Gasteiger partial charge in [0.25, 0.3) is 5.91 Å². The number of fused-ring (bicyclic) bond motifs is 1. The number of esters is 1. The second-order valence-corrected chi connectivity index (χ2v) is 6.85. The fourth-order valence-electron chi connectivity index (χ4n) is 3.16. The Labute approximate surface area is 157 Å². The summed E-state index contributed by atoms with van der Waals surface area (Å²) < 4.78 is 4.67. The summed E-state index contributed by atoms with van der Waals surface area (Å²) in [6.07, 6.45) is 0.374. The molecule has 1 amide bonds. The van der Waals surface area contributed by atoms with Crippen molar-refractivity contribution in [2.75, 3.05) is 39.8 Å². The van der Waals surface area contributed by atoms with E-state index in [1.54, 1.807) is 6.07 Å². The largest absolute Gasteiger partial charge is 0.469 e. The molecule has 138 valence electrons. The van der Waals surface area contributed by atoms with Gasteiger partial charge in [-0.25, -0.2) is 0 Å². The lowest BCUT2D eigenvalue weighted by molar-refractivity contribution is -0.141. The van der Waals surface area contributed by atoms with E-state index in [0.717, 1.165) is 29.7 Å². The van der Waals surface area contributed by atoms with Gasteiger partial charge in [-0.2, -0.15) is 0 Å². The first-order valence-corrected chi connectivity index (χ1v) is 9.01. The highest BCUT2D eigenvalue weighted by molar-refractivity contribution is 6.31. The standard InChI is InChI=1S/C19H22ClN3O3/c1-13-16(12-14-11-15(20)3-4-17(14)21-13)19(25)23-9-7-22(8-10-23)6-5-18(24)26-2/h3-4,11-12H,5-10H2,1-2H3. The third-order valence-corrected chi connectivity index (χ3v) is 4.95. The first-order chi connectivity index (χ1) is 12.5. The predicted octanol–water partition coefficient (Wildman–Crippen LogP) is 2.52. The van der Waals surface area contributed by atoms with Crippen molar-refractivity contribution in [2.24, 2.45) is 0 Å². The average molecular weight is 376 g/mol. The average Bonchev–Trinajstić information content (AvgIpc) is 2.65. The summed E-state index contributed by atoms with van der Waals surface area (Å²) in [5, 5.41) is 1.49. The molecule has 1 aliphatic heterocycles. The van der Waals surface area contributed by atoms with Crippen molar-refractivity contribution >= 4 is 34.4 Å².